The fourth-order valence-electron chi connectivity index (χ4n) is 2.29. The first-order chi connectivity index (χ1) is 9.64. The van der Waals surface area contributed by atoms with Gasteiger partial charge in [0.15, 0.2) is 0 Å². The van der Waals surface area contributed by atoms with Gasteiger partial charge in [0.2, 0.25) is 10.0 Å². The molecule has 0 unspecified atom stereocenters. The minimum absolute atomic E-state index is 0.0591. The van der Waals surface area contributed by atoms with Gasteiger partial charge in [-0.15, -0.1) is 0 Å². The second-order valence-corrected chi connectivity index (χ2v) is 7.22. The maximum absolute atomic E-state index is 12.6. The first-order valence-electron chi connectivity index (χ1n) is 6.13. The van der Waals surface area contributed by atoms with E-state index in [9.17, 15) is 18.3 Å². The van der Waals surface area contributed by atoms with Crippen molar-refractivity contribution in [3.8, 4) is 0 Å². The van der Waals surface area contributed by atoms with Crippen LogP contribution in [0.15, 0.2) is 17.0 Å². The lowest BCUT2D eigenvalue weighted by molar-refractivity contribution is -0.140. The van der Waals surface area contributed by atoms with E-state index >= 15 is 0 Å². The second kappa shape index (κ2) is 5.45. The fourth-order valence-corrected chi connectivity index (χ4v) is 4.28. The highest BCUT2D eigenvalue weighted by atomic mass is 35.5. The number of nitrogen functional groups attached to an aromatic ring is 1. The van der Waals surface area contributed by atoms with Gasteiger partial charge in [0.05, 0.1) is 11.8 Å². The number of rotatable bonds is 3. The van der Waals surface area contributed by atoms with Crippen LogP contribution in [0.1, 0.15) is 12.0 Å². The van der Waals surface area contributed by atoms with Crippen molar-refractivity contribution in [3.05, 3.63) is 22.7 Å². The van der Waals surface area contributed by atoms with Gasteiger partial charge < -0.3 is 15.9 Å². The average molecular weight is 335 g/mol. The van der Waals surface area contributed by atoms with Crippen LogP contribution in [0.25, 0.3) is 0 Å². The van der Waals surface area contributed by atoms with Gasteiger partial charge in [0, 0.05) is 18.0 Å². The highest BCUT2D eigenvalue weighted by Crippen LogP contribution is 2.32. The van der Waals surface area contributed by atoms with E-state index in [1.165, 1.54) is 12.1 Å². The molecule has 116 valence electrons. The Kier molecular flexibility index (Phi) is 4.16. The van der Waals surface area contributed by atoms with Crippen molar-refractivity contribution in [2.45, 2.75) is 30.4 Å². The largest absolute Gasteiger partial charge is 0.480 e. The lowest BCUT2D eigenvalue weighted by Gasteiger charge is -2.22. The van der Waals surface area contributed by atoms with Gasteiger partial charge in [-0.2, -0.15) is 4.31 Å². The predicted molar refractivity (Wildman–Crippen MR) is 76.5 cm³/mol. The van der Waals surface area contributed by atoms with Crippen LogP contribution in [0.5, 0.6) is 0 Å². The summed E-state index contributed by atoms with van der Waals surface area (Å²) in [5.74, 6) is -1.31. The highest BCUT2D eigenvalue weighted by molar-refractivity contribution is 7.89. The van der Waals surface area contributed by atoms with Crippen LogP contribution in [-0.4, -0.2) is 47.6 Å². The molecular weight excluding hydrogens is 320 g/mol. The van der Waals surface area contributed by atoms with Crippen LogP contribution in [0.2, 0.25) is 5.02 Å². The SMILES string of the molecule is Cc1cc(S(=O)(=O)N2C[C@H](O)C[C@H]2C(=O)O)c(N)cc1Cl. The molecule has 0 aromatic heterocycles. The highest BCUT2D eigenvalue weighted by Gasteiger charge is 2.44. The molecule has 2 rings (SSSR count). The van der Waals surface area contributed by atoms with Gasteiger partial charge in [-0.3, -0.25) is 4.79 Å². The van der Waals surface area contributed by atoms with Crippen molar-refractivity contribution in [1.82, 2.24) is 4.31 Å². The van der Waals surface area contributed by atoms with E-state index in [0.29, 0.717) is 10.6 Å². The molecule has 0 spiro atoms. The normalized spacial score (nSPS) is 23.4. The van der Waals surface area contributed by atoms with Gasteiger partial charge in [0.1, 0.15) is 10.9 Å². The predicted octanol–water partition coefficient (Wildman–Crippen LogP) is 0.439. The summed E-state index contributed by atoms with van der Waals surface area (Å²) in [6, 6.07) is 1.31. The summed E-state index contributed by atoms with van der Waals surface area (Å²) in [6.45, 7) is 1.34. The molecule has 0 amide bonds. The molecule has 1 heterocycles. The minimum Gasteiger partial charge on any atom is -0.480 e. The molecule has 1 aliphatic heterocycles. The number of aryl methyl sites for hydroxylation is 1. The Labute approximate surface area is 127 Å². The third-order valence-corrected chi connectivity index (χ3v) is 5.73. The molecule has 1 aliphatic rings. The van der Waals surface area contributed by atoms with E-state index < -0.39 is 28.1 Å². The maximum atomic E-state index is 12.6. The monoisotopic (exact) mass is 334 g/mol. The number of aliphatic hydroxyl groups excluding tert-OH is 1. The van der Waals surface area contributed by atoms with Crippen molar-refractivity contribution in [2.24, 2.45) is 0 Å². The summed E-state index contributed by atoms with van der Waals surface area (Å²) in [5, 5.41) is 19.0. The average Bonchev–Trinajstić information content (AvgIpc) is 2.76. The molecule has 2 atom stereocenters. The number of anilines is 1. The van der Waals surface area contributed by atoms with Crippen molar-refractivity contribution in [2.75, 3.05) is 12.3 Å². The van der Waals surface area contributed by atoms with Crippen LogP contribution in [0.3, 0.4) is 0 Å². The Bertz CT molecular complexity index is 691. The number of carboxylic acids is 1. The molecule has 9 heteroatoms. The number of β-amino-alcohol motifs (C(OH)–C–C–N with tert-alkyl or cyclic N) is 1. The number of sulfonamides is 1. The van der Waals surface area contributed by atoms with Crippen LogP contribution in [0, 0.1) is 6.92 Å². The Balaban J connectivity index is 2.52. The number of aliphatic carboxylic acids is 1. The lowest BCUT2D eigenvalue weighted by atomic mass is 10.2. The standard InChI is InChI=1S/C12H15ClN2O5S/c1-6-2-11(9(14)4-8(6)13)21(19,20)15-5-7(16)3-10(15)12(17)18/h2,4,7,10,16H,3,5,14H2,1H3,(H,17,18)/t7-,10+/m1/s1. The van der Waals surface area contributed by atoms with Crippen molar-refractivity contribution in [3.63, 3.8) is 0 Å². The lowest BCUT2D eigenvalue weighted by Crippen LogP contribution is -2.40. The number of carbonyl (C=O) groups is 1. The first-order valence-corrected chi connectivity index (χ1v) is 7.94. The molecule has 7 nitrogen and oxygen atoms in total. The topological polar surface area (TPSA) is 121 Å². The number of hydrogen-bond acceptors (Lipinski definition) is 5. The Morgan fingerprint density at radius 3 is 2.67 bits per heavy atom. The van der Waals surface area contributed by atoms with E-state index in [2.05, 4.69) is 0 Å². The van der Waals surface area contributed by atoms with Gasteiger partial charge in [-0.25, -0.2) is 8.42 Å². The first kappa shape index (κ1) is 16.0. The third-order valence-electron chi connectivity index (χ3n) is 3.40. The zero-order valence-corrected chi connectivity index (χ0v) is 12.7. The number of hydrogen-bond donors (Lipinski definition) is 3. The number of nitrogens with two attached hydrogens (primary N) is 1. The molecule has 0 bridgehead atoms. The van der Waals surface area contributed by atoms with Crippen molar-refractivity contribution >= 4 is 33.3 Å². The van der Waals surface area contributed by atoms with Gasteiger partial charge in [0.25, 0.3) is 0 Å². The van der Waals surface area contributed by atoms with E-state index in [0.717, 1.165) is 4.31 Å². The molecule has 0 saturated carbocycles. The molecule has 21 heavy (non-hydrogen) atoms. The van der Waals surface area contributed by atoms with Crippen molar-refractivity contribution in [1.29, 1.82) is 0 Å². The Morgan fingerprint density at radius 2 is 2.10 bits per heavy atom. The molecule has 1 aromatic carbocycles. The smallest absolute Gasteiger partial charge is 0.322 e. The molecule has 0 aliphatic carbocycles. The maximum Gasteiger partial charge on any atom is 0.322 e. The summed E-state index contributed by atoms with van der Waals surface area (Å²) in [5.41, 5.74) is 6.15. The number of benzene rings is 1. The number of aliphatic hydroxyl groups is 1. The van der Waals surface area contributed by atoms with Gasteiger partial charge in [-0.1, -0.05) is 11.6 Å². The number of carboxylic acid groups (broad SMARTS) is 1. The van der Waals surface area contributed by atoms with Gasteiger partial charge >= 0.3 is 5.97 Å². The van der Waals surface area contributed by atoms with Crippen molar-refractivity contribution < 1.29 is 23.4 Å². The summed E-state index contributed by atoms with van der Waals surface area (Å²) in [6.07, 6.45) is -1.17. The van der Waals surface area contributed by atoms with E-state index in [1.54, 1.807) is 6.92 Å². The quantitative estimate of drug-likeness (QED) is 0.690. The summed E-state index contributed by atoms with van der Waals surface area (Å²) in [4.78, 5) is 11.0. The minimum atomic E-state index is -4.13. The summed E-state index contributed by atoms with van der Waals surface area (Å²) in [7, 11) is -4.13. The Hall–Kier alpha value is -1.35. The van der Waals surface area contributed by atoms with E-state index in [-0.39, 0.29) is 23.5 Å². The van der Waals surface area contributed by atoms with E-state index in [4.69, 9.17) is 22.4 Å². The van der Waals surface area contributed by atoms with Crippen LogP contribution >= 0.6 is 11.6 Å². The zero-order valence-electron chi connectivity index (χ0n) is 11.2. The summed E-state index contributed by atoms with van der Waals surface area (Å²) < 4.78 is 26.0. The number of halogens is 1. The molecule has 1 saturated heterocycles. The zero-order chi connectivity index (χ0) is 15.9. The third kappa shape index (κ3) is 2.84. The summed E-state index contributed by atoms with van der Waals surface area (Å²) >= 11 is 5.88. The second-order valence-electron chi connectivity index (χ2n) is 4.96. The number of nitrogens with zero attached hydrogens (tertiary/aromatic N) is 1. The molecule has 1 fully saturated rings. The van der Waals surface area contributed by atoms with E-state index in [1.807, 2.05) is 0 Å². The molecule has 0 radical (unpaired) electrons. The molecule has 4 N–H and O–H groups in total. The molecule has 1 aromatic rings. The van der Waals surface area contributed by atoms with Crippen LogP contribution in [0.4, 0.5) is 5.69 Å². The Morgan fingerprint density at radius 1 is 1.48 bits per heavy atom. The van der Waals surface area contributed by atoms with Gasteiger partial charge in [-0.05, 0) is 24.6 Å². The fraction of sp³-hybridized carbons (Fsp3) is 0.417. The molecular formula is C12H15ClN2O5S. The van der Waals surface area contributed by atoms with Crippen LogP contribution < -0.4 is 5.73 Å². The van der Waals surface area contributed by atoms with Crippen LogP contribution in [-0.2, 0) is 14.8 Å².